The summed E-state index contributed by atoms with van der Waals surface area (Å²) in [6.07, 6.45) is 4.34. The van der Waals surface area contributed by atoms with E-state index in [1.165, 1.54) is 5.56 Å². The molecule has 0 radical (unpaired) electrons. The zero-order valence-corrected chi connectivity index (χ0v) is 18.3. The van der Waals surface area contributed by atoms with Crippen LogP contribution in [0.15, 0.2) is 66.7 Å². The first kappa shape index (κ1) is 21.9. The summed E-state index contributed by atoms with van der Waals surface area (Å²) in [5.41, 5.74) is 2.21. The van der Waals surface area contributed by atoms with Crippen molar-refractivity contribution in [1.82, 2.24) is 10.2 Å². The molecule has 0 aromatic heterocycles. The number of likely N-dealkylation sites (tertiary alicyclic amines) is 1. The fraction of sp³-hybridized carbons (Fsp3) is 0.333. The number of fused-ring (bicyclic) bond motifs is 1. The molecule has 5 nitrogen and oxygen atoms in total. The summed E-state index contributed by atoms with van der Waals surface area (Å²) in [6.45, 7) is 1.55. The molecule has 3 aromatic rings. The van der Waals surface area contributed by atoms with Crippen LogP contribution in [-0.2, 0) is 22.4 Å². The molecule has 2 N–H and O–H groups in total. The van der Waals surface area contributed by atoms with Gasteiger partial charge in [0.25, 0.3) is 0 Å². The average molecular weight is 431 g/mol. The van der Waals surface area contributed by atoms with Crippen molar-refractivity contribution in [2.24, 2.45) is 5.92 Å². The number of aromatic hydroxyl groups is 1. The van der Waals surface area contributed by atoms with Gasteiger partial charge in [0.05, 0.1) is 13.0 Å². The number of phenolic OH excluding ortho intramolecular Hbond substituents is 1. The van der Waals surface area contributed by atoms with E-state index in [-0.39, 0.29) is 24.8 Å². The lowest BCUT2D eigenvalue weighted by Gasteiger charge is -2.32. The Morgan fingerprint density at radius 3 is 2.44 bits per heavy atom. The van der Waals surface area contributed by atoms with Crippen molar-refractivity contribution in [3.8, 4) is 5.75 Å². The van der Waals surface area contributed by atoms with E-state index < -0.39 is 0 Å². The van der Waals surface area contributed by atoms with Gasteiger partial charge < -0.3 is 15.3 Å². The fourth-order valence-electron chi connectivity index (χ4n) is 4.47. The molecule has 166 valence electrons. The second-order valence-corrected chi connectivity index (χ2v) is 8.62. The number of carbonyl (C=O) groups is 2. The minimum absolute atomic E-state index is 0.00625. The molecule has 0 unspecified atom stereocenters. The number of aryl methyl sites for hydroxylation is 1. The van der Waals surface area contributed by atoms with Gasteiger partial charge in [-0.15, -0.1) is 0 Å². The molecule has 32 heavy (non-hydrogen) atoms. The highest BCUT2D eigenvalue weighted by Crippen LogP contribution is 2.23. The van der Waals surface area contributed by atoms with Crippen LogP contribution < -0.4 is 5.32 Å². The van der Waals surface area contributed by atoms with Crippen LogP contribution in [0, 0.1) is 5.92 Å². The van der Waals surface area contributed by atoms with Gasteiger partial charge in [0.2, 0.25) is 11.8 Å². The summed E-state index contributed by atoms with van der Waals surface area (Å²) in [5.74, 6) is 0.769. The summed E-state index contributed by atoms with van der Waals surface area (Å²) >= 11 is 0. The van der Waals surface area contributed by atoms with Crippen molar-refractivity contribution in [1.29, 1.82) is 0 Å². The lowest BCUT2D eigenvalue weighted by Crippen LogP contribution is -2.44. The molecule has 3 aromatic carbocycles. The molecule has 1 aliphatic rings. The van der Waals surface area contributed by atoms with E-state index in [4.69, 9.17) is 0 Å². The highest BCUT2D eigenvalue weighted by molar-refractivity contribution is 5.91. The highest BCUT2D eigenvalue weighted by atomic mass is 16.3. The summed E-state index contributed by atoms with van der Waals surface area (Å²) in [4.78, 5) is 26.9. The second-order valence-electron chi connectivity index (χ2n) is 8.62. The van der Waals surface area contributed by atoms with Crippen LogP contribution in [0.4, 0.5) is 0 Å². The van der Waals surface area contributed by atoms with Crippen LogP contribution in [0.3, 0.4) is 0 Å². The van der Waals surface area contributed by atoms with Crippen molar-refractivity contribution < 1.29 is 14.7 Å². The van der Waals surface area contributed by atoms with Crippen LogP contribution >= 0.6 is 0 Å². The SMILES string of the molecule is O=C(Cc1cccc2ccccc12)NCC(=O)N1CCC(CCc2ccc(O)cc2)CC1. The Morgan fingerprint density at radius 1 is 0.938 bits per heavy atom. The quantitative estimate of drug-likeness (QED) is 0.594. The van der Waals surface area contributed by atoms with E-state index >= 15 is 0 Å². The van der Waals surface area contributed by atoms with E-state index in [9.17, 15) is 14.7 Å². The lowest BCUT2D eigenvalue weighted by atomic mass is 9.90. The number of hydrogen-bond donors (Lipinski definition) is 2. The zero-order valence-electron chi connectivity index (χ0n) is 18.3. The topological polar surface area (TPSA) is 69.6 Å². The van der Waals surface area contributed by atoms with Crippen molar-refractivity contribution in [2.45, 2.75) is 32.1 Å². The van der Waals surface area contributed by atoms with Gasteiger partial charge in [0.15, 0.2) is 0 Å². The molecule has 0 spiro atoms. The molecule has 0 atom stereocenters. The van der Waals surface area contributed by atoms with E-state index in [1.54, 1.807) is 12.1 Å². The molecule has 1 heterocycles. The molecule has 1 fully saturated rings. The van der Waals surface area contributed by atoms with E-state index in [2.05, 4.69) is 5.32 Å². The Balaban J connectivity index is 1.19. The van der Waals surface area contributed by atoms with Crippen molar-refractivity contribution in [3.05, 3.63) is 77.9 Å². The summed E-state index contributed by atoms with van der Waals surface area (Å²) in [6, 6.07) is 21.4. The standard InChI is InChI=1S/C27H30N2O3/c30-24-12-10-20(11-13-24)8-9-21-14-16-29(17-15-21)27(32)19-28-26(31)18-23-6-3-5-22-4-1-2-7-25(22)23/h1-7,10-13,21,30H,8-9,14-19H2,(H,28,31). The number of phenols is 1. The predicted molar refractivity (Wildman–Crippen MR) is 126 cm³/mol. The number of carbonyl (C=O) groups excluding carboxylic acids is 2. The molecule has 2 amide bonds. The number of amides is 2. The van der Waals surface area contributed by atoms with Gasteiger partial charge in [-0.2, -0.15) is 0 Å². The minimum Gasteiger partial charge on any atom is -0.508 e. The molecule has 5 heteroatoms. The van der Waals surface area contributed by atoms with Gasteiger partial charge in [0.1, 0.15) is 5.75 Å². The Morgan fingerprint density at radius 2 is 1.66 bits per heavy atom. The number of piperidine rings is 1. The summed E-state index contributed by atoms with van der Waals surface area (Å²) < 4.78 is 0. The number of rotatable bonds is 7. The largest absolute Gasteiger partial charge is 0.508 e. The third kappa shape index (κ3) is 5.67. The minimum atomic E-state index is -0.126. The molecule has 0 saturated carbocycles. The Kier molecular flexibility index (Phi) is 7.05. The number of benzene rings is 3. The van der Waals surface area contributed by atoms with Gasteiger partial charge in [-0.3, -0.25) is 9.59 Å². The Hall–Kier alpha value is -3.34. The second kappa shape index (κ2) is 10.3. The monoisotopic (exact) mass is 430 g/mol. The first-order chi connectivity index (χ1) is 15.6. The first-order valence-electron chi connectivity index (χ1n) is 11.4. The van der Waals surface area contributed by atoms with Crippen LogP contribution in [0.25, 0.3) is 10.8 Å². The maximum absolute atomic E-state index is 12.6. The molecule has 0 bridgehead atoms. The van der Waals surface area contributed by atoms with Gasteiger partial charge in [-0.25, -0.2) is 0 Å². The molecular formula is C27H30N2O3. The van der Waals surface area contributed by atoms with Crippen molar-refractivity contribution >= 4 is 22.6 Å². The van der Waals surface area contributed by atoms with E-state index in [0.29, 0.717) is 11.7 Å². The molecule has 4 rings (SSSR count). The van der Waals surface area contributed by atoms with Crippen molar-refractivity contribution in [2.75, 3.05) is 19.6 Å². The smallest absolute Gasteiger partial charge is 0.241 e. The molecule has 1 aliphatic heterocycles. The molecule has 0 aliphatic carbocycles. The number of nitrogens with one attached hydrogen (secondary N) is 1. The average Bonchev–Trinajstić information content (AvgIpc) is 2.83. The Labute approximate surface area is 189 Å². The van der Waals surface area contributed by atoms with Crippen LogP contribution in [-0.4, -0.2) is 41.5 Å². The van der Waals surface area contributed by atoms with Crippen LogP contribution in [0.5, 0.6) is 5.75 Å². The number of nitrogens with zero attached hydrogens (tertiary/aromatic N) is 1. The third-order valence-electron chi connectivity index (χ3n) is 6.41. The predicted octanol–water partition coefficient (Wildman–Crippen LogP) is 4.08. The number of hydrogen-bond acceptors (Lipinski definition) is 3. The Bertz CT molecular complexity index is 1060. The molecular weight excluding hydrogens is 400 g/mol. The van der Waals surface area contributed by atoms with Gasteiger partial charge in [0, 0.05) is 13.1 Å². The third-order valence-corrected chi connectivity index (χ3v) is 6.41. The highest BCUT2D eigenvalue weighted by Gasteiger charge is 2.23. The summed E-state index contributed by atoms with van der Waals surface area (Å²) in [5, 5.41) is 14.4. The van der Waals surface area contributed by atoms with Crippen LogP contribution in [0.1, 0.15) is 30.4 Å². The van der Waals surface area contributed by atoms with Gasteiger partial charge >= 0.3 is 0 Å². The molecule has 1 saturated heterocycles. The maximum Gasteiger partial charge on any atom is 0.241 e. The van der Waals surface area contributed by atoms with E-state index in [0.717, 1.165) is 55.1 Å². The normalized spacial score (nSPS) is 14.4. The van der Waals surface area contributed by atoms with Gasteiger partial charge in [-0.1, -0.05) is 54.6 Å². The zero-order chi connectivity index (χ0) is 22.3. The van der Waals surface area contributed by atoms with E-state index in [1.807, 2.05) is 59.5 Å². The summed E-state index contributed by atoms with van der Waals surface area (Å²) in [7, 11) is 0. The lowest BCUT2D eigenvalue weighted by molar-refractivity contribution is -0.133. The maximum atomic E-state index is 12.6. The fourth-order valence-corrected chi connectivity index (χ4v) is 4.47. The van der Waals surface area contributed by atoms with Crippen molar-refractivity contribution in [3.63, 3.8) is 0 Å². The van der Waals surface area contributed by atoms with Gasteiger partial charge in [-0.05, 0) is 65.6 Å². The van der Waals surface area contributed by atoms with Crippen LogP contribution in [0.2, 0.25) is 0 Å². The first-order valence-corrected chi connectivity index (χ1v) is 11.4.